The van der Waals surface area contributed by atoms with Gasteiger partial charge >= 0.3 is 0 Å². The maximum absolute atomic E-state index is 6.58. The summed E-state index contributed by atoms with van der Waals surface area (Å²) in [5, 5.41) is 16.4. The van der Waals surface area contributed by atoms with Crippen molar-refractivity contribution in [3.05, 3.63) is 99.8 Å². The van der Waals surface area contributed by atoms with E-state index in [9.17, 15) is 0 Å². The molecular weight excluding hydrogens is 412 g/mol. The van der Waals surface area contributed by atoms with Crippen molar-refractivity contribution in [2.24, 2.45) is 0 Å². The van der Waals surface area contributed by atoms with Crippen molar-refractivity contribution in [1.82, 2.24) is 25.2 Å². The summed E-state index contributed by atoms with van der Waals surface area (Å²) in [6.45, 7) is 2.08. The molecule has 0 saturated heterocycles. The van der Waals surface area contributed by atoms with E-state index in [1.54, 1.807) is 10.9 Å². The Balaban J connectivity index is 1.65. The fourth-order valence-corrected chi connectivity index (χ4v) is 4.50. The zero-order valence-corrected chi connectivity index (χ0v) is 17.3. The molecule has 2 aliphatic heterocycles. The van der Waals surface area contributed by atoms with Gasteiger partial charge in [-0.2, -0.15) is 4.68 Å². The zero-order valence-electron chi connectivity index (χ0n) is 16.5. The van der Waals surface area contributed by atoms with Gasteiger partial charge in [0.2, 0.25) is 5.95 Å². The Labute approximate surface area is 183 Å². The number of aromatic nitrogens is 5. The molecule has 0 saturated carbocycles. The number of fused-ring (bicyclic) bond motifs is 3. The van der Waals surface area contributed by atoms with Crippen molar-refractivity contribution in [2.45, 2.75) is 19.1 Å². The third-order valence-electron chi connectivity index (χ3n) is 5.64. The van der Waals surface area contributed by atoms with Crippen molar-refractivity contribution in [2.75, 3.05) is 5.32 Å². The number of pyridine rings is 1. The first kappa shape index (κ1) is 18.1. The lowest BCUT2D eigenvalue weighted by Crippen LogP contribution is -2.32. The SMILES string of the molecule is Cc1cccc([C@@H]2Oc3ccc(Cl)cc3C3=C2[C@@H](c2cccnc2)n2nnnc2N3)c1. The first-order valence-corrected chi connectivity index (χ1v) is 10.3. The third-order valence-corrected chi connectivity index (χ3v) is 5.88. The summed E-state index contributed by atoms with van der Waals surface area (Å²) in [7, 11) is 0. The second-order valence-electron chi connectivity index (χ2n) is 7.64. The highest BCUT2D eigenvalue weighted by molar-refractivity contribution is 6.30. The number of nitrogens with zero attached hydrogens (tertiary/aromatic N) is 5. The minimum atomic E-state index is -0.335. The second-order valence-corrected chi connectivity index (χ2v) is 8.08. The van der Waals surface area contributed by atoms with Gasteiger partial charge in [-0.25, -0.2) is 0 Å². The predicted octanol–water partition coefficient (Wildman–Crippen LogP) is 4.59. The van der Waals surface area contributed by atoms with Crippen LogP contribution in [0.25, 0.3) is 5.70 Å². The lowest BCUT2D eigenvalue weighted by Gasteiger charge is -2.38. The molecule has 31 heavy (non-hydrogen) atoms. The largest absolute Gasteiger partial charge is 0.480 e. The molecule has 0 fully saturated rings. The van der Waals surface area contributed by atoms with Crippen molar-refractivity contribution in [1.29, 1.82) is 0 Å². The summed E-state index contributed by atoms with van der Waals surface area (Å²) in [5.74, 6) is 1.32. The number of nitrogens with one attached hydrogen (secondary N) is 1. The quantitative estimate of drug-likeness (QED) is 0.503. The van der Waals surface area contributed by atoms with E-state index < -0.39 is 0 Å². The molecular formula is C23H17ClN6O. The number of tetrazole rings is 1. The topological polar surface area (TPSA) is 77.8 Å². The summed E-state index contributed by atoms with van der Waals surface area (Å²) in [5.41, 5.74) is 5.99. The van der Waals surface area contributed by atoms with Crippen LogP contribution in [0, 0.1) is 6.92 Å². The number of hydrogen-bond acceptors (Lipinski definition) is 6. The maximum atomic E-state index is 6.58. The van der Waals surface area contributed by atoms with Gasteiger partial charge in [-0.3, -0.25) is 4.98 Å². The molecule has 0 unspecified atom stereocenters. The highest BCUT2D eigenvalue weighted by Gasteiger charge is 2.41. The lowest BCUT2D eigenvalue weighted by atomic mass is 9.85. The van der Waals surface area contributed by atoms with E-state index in [0.29, 0.717) is 11.0 Å². The van der Waals surface area contributed by atoms with Gasteiger partial charge in [0.25, 0.3) is 0 Å². The number of benzene rings is 2. The molecule has 2 aliphatic rings. The first-order chi connectivity index (χ1) is 15.2. The molecule has 2 atom stereocenters. The van der Waals surface area contributed by atoms with Crippen LogP contribution in [-0.2, 0) is 0 Å². The monoisotopic (exact) mass is 428 g/mol. The Morgan fingerprint density at radius 3 is 2.81 bits per heavy atom. The lowest BCUT2D eigenvalue weighted by molar-refractivity contribution is 0.222. The molecule has 0 spiro atoms. The second kappa shape index (κ2) is 6.92. The van der Waals surface area contributed by atoms with Crippen molar-refractivity contribution in [3.8, 4) is 5.75 Å². The minimum absolute atomic E-state index is 0.285. The van der Waals surface area contributed by atoms with Crippen molar-refractivity contribution in [3.63, 3.8) is 0 Å². The summed E-state index contributed by atoms with van der Waals surface area (Å²) >= 11 is 6.35. The number of ether oxygens (including phenoxy) is 1. The van der Waals surface area contributed by atoms with Gasteiger partial charge in [0.1, 0.15) is 17.9 Å². The van der Waals surface area contributed by atoms with Crippen LogP contribution in [-0.4, -0.2) is 25.2 Å². The fourth-order valence-electron chi connectivity index (χ4n) is 4.33. The summed E-state index contributed by atoms with van der Waals surface area (Å²) in [6, 6.07) is 17.7. The van der Waals surface area contributed by atoms with E-state index in [4.69, 9.17) is 16.3 Å². The molecule has 6 rings (SSSR count). The molecule has 1 N–H and O–H groups in total. The van der Waals surface area contributed by atoms with Crippen molar-refractivity contribution < 1.29 is 4.74 Å². The number of aryl methyl sites for hydroxylation is 1. The minimum Gasteiger partial charge on any atom is -0.480 e. The highest BCUT2D eigenvalue weighted by atomic mass is 35.5. The predicted molar refractivity (Wildman–Crippen MR) is 117 cm³/mol. The maximum Gasteiger partial charge on any atom is 0.248 e. The number of rotatable bonds is 2. The summed E-state index contributed by atoms with van der Waals surface area (Å²) in [6.07, 6.45) is 3.26. The molecule has 7 nitrogen and oxygen atoms in total. The zero-order chi connectivity index (χ0) is 20.9. The van der Waals surface area contributed by atoms with Gasteiger partial charge in [0.05, 0.1) is 5.70 Å². The van der Waals surface area contributed by atoms with Gasteiger partial charge in [-0.1, -0.05) is 52.6 Å². The van der Waals surface area contributed by atoms with E-state index in [2.05, 4.69) is 50.9 Å². The van der Waals surface area contributed by atoms with E-state index >= 15 is 0 Å². The van der Waals surface area contributed by atoms with Crippen LogP contribution in [0.3, 0.4) is 0 Å². The van der Waals surface area contributed by atoms with Gasteiger partial charge in [0, 0.05) is 28.6 Å². The van der Waals surface area contributed by atoms with E-state index in [0.717, 1.165) is 39.3 Å². The molecule has 0 bridgehead atoms. The molecule has 2 aromatic carbocycles. The Morgan fingerprint density at radius 2 is 1.97 bits per heavy atom. The molecule has 0 amide bonds. The number of halogens is 1. The van der Waals surface area contributed by atoms with Crippen LogP contribution in [0.2, 0.25) is 5.02 Å². The fraction of sp³-hybridized carbons (Fsp3) is 0.130. The summed E-state index contributed by atoms with van der Waals surface area (Å²) in [4.78, 5) is 4.34. The van der Waals surface area contributed by atoms with Crippen LogP contribution in [0.4, 0.5) is 5.95 Å². The Morgan fingerprint density at radius 1 is 1.06 bits per heavy atom. The first-order valence-electron chi connectivity index (χ1n) is 9.91. The summed E-state index contributed by atoms with van der Waals surface area (Å²) < 4.78 is 8.36. The van der Waals surface area contributed by atoms with Crippen LogP contribution in [0.5, 0.6) is 5.75 Å². The van der Waals surface area contributed by atoms with Gasteiger partial charge < -0.3 is 10.1 Å². The van der Waals surface area contributed by atoms with Crippen molar-refractivity contribution >= 4 is 23.2 Å². The molecule has 4 aromatic rings. The van der Waals surface area contributed by atoms with E-state index in [1.165, 1.54) is 0 Å². The Kier molecular flexibility index (Phi) is 4.04. The van der Waals surface area contributed by atoms with E-state index in [1.807, 2.05) is 42.6 Å². The molecule has 0 aliphatic carbocycles. The number of hydrogen-bond donors (Lipinski definition) is 1. The molecule has 4 heterocycles. The van der Waals surface area contributed by atoms with Crippen LogP contribution in [0.15, 0.2) is 72.6 Å². The van der Waals surface area contributed by atoms with Gasteiger partial charge in [0.15, 0.2) is 0 Å². The normalized spacial score (nSPS) is 19.0. The average Bonchev–Trinajstić information content (AvgIpc) is 3.26. The standard InChI is InChI=1S/C23H17ClN6O/c1-13-4-2-5-14(10-13)22-19-20(17-11-16(24)7-8-18(17)31-22)26-23-27-28-29-30(23)21(19)15-6-3-9-25-12-15/h2-12,21-22H,1H3,(H,26,27,29)/t21-,22+/m1/s1. The van der Waals surface area contributed by atoms with Gasteiger partial charge in [-0.05, 0) is 52.7 Å². The Hall–Kier alpha value is -3.71. The molecule has 152 valence electrons. The Bertz CT molecular complexity index is 1330. The van der Waals surface area contributed by atoms with Crippen LogP contribution in [0.1, 0.15) is 34.4 Å². The van der Waals surface area contributed by atoms with Gasteiger partial charge in [-0.15, -0.1) is 0 Å². The van der Waals surface area contributed by atoms with E-state index in [-0.39, 0.29) is 12.1 Å². The molecule has 0 radical (unpaired) electrons. The smallest absolute Gasteiger partial charge is 0.248 e. The number of anilines is 1. The molecule has 8 heteroatoms. The molecule has 2 aromatic heterocycles. The van der Waals surface area contributed by atoms with Crippen LogP contribution < -0.4 is 10.1 Å². The van der Waals surface area contributed by atoms with Crippen LogP contribution >= 0.6 is 11.6 Å². The average molecular weight is 429 g/mol. The highest BCUT2D eigenvalue weighted by Crippen LogP contribution is 2.50. The third kappa shape index (κ3) is 2.89.